The van der Waals surface area contributed by atoms with Crippen LogP contribution in [0.25, 0.3) is 0 Å². The lowest BCUT2D eigenvalue weighted by Gasteiger charge is -2.40. The van der Waals surface area contributed by atoms with Crippen LogP contribution in [0.1, 0.15) is 22.7 Å². The van der Waals surface area contributed by atoms with E-state index in [0.717, 1.165) is 31.6 Å². The molecule has 0 aliphatic carbocycles. The van der Waals surface area contributed by atoms with E-state index < -0.39 is 6.04 Å². The van der Waals surface area contributed by atoms with Gasteiger partial charge in [-0.25, -0.2) is 0 Å². The van der Waals surface area contributed by atoms with Crippen LogP contribution in [0, 0.1) is 6.92 Å². The third-order valence-corrected chi connectivity index (χ3v) is 6.43. The molecule has 0 saturated carbocycles. The number of anilines is 1. The highest BCUT2D eigenvalue weighted by Crippen LogP contribution is 2.31. The van der Waals surface area contributed by atoms with Crippen molar-refractivity contribution in [2.45, 2.75) is 19.4 Å². The lowest BCUT2D eigenvalue weighted by Crippen LogP contribution is -2.53. The summed E-state index contributed by atoms with van der Waals surface area (Å²) in [5.41, 5.74) is 4.70. The number of fused-ring (bicyclic) bond motifs is 1. The Labute approximate surface area is 185 Å². The Morgan fingerprint density at radius 3 is 2.29 bits per heavy atom. The number of piperazine rings is 1. The van der Waals surface area contributed by atoms with Gasteiger partial charge in [0, 0.05) is 52.5 Å². The molecule has 1 atom stereocenters. The molecule has 2 aromatic rings. The molecule has 0 bridgehead atoms. The van der Waals surface area contributed by atoms with E-state index in [2.05, 4.69) is 47.1 Å². The van der Waals surface area contributed by atoms with Crippen LogP contribution in [0.2, 0.25) is 0 Å². The fraction of sp³-hybridized carbons (Fsp3) is 0.440. The van der Waals surface area contributed by atoms with Gasteiger partial charge in [-0.15, -0.1) is 0 Å². The summed E-state index contributed by atoms with van der Waals surface area (Å²) >= 11 is 0. The first-order valence-corrected chi connectivity index (χ1v) is 11.1. The number of benzene rings is 2. The molecule has 0 unspecified atom stereocenters. The zero-order valence-corrected chi connectivity index (χ0v) is 18.8. The van der Waals surface area contributed by atoms with Crippen molar-refractivity contribution in [3.8, 4) is 0 Å². The van der Waals surface area contributed by atoms with Crippen molar-refractivity contribution in [3.05, 3.63) is 65.2 Å². The second-order valence-corrected chi connectivity index (χ2v) is 8.76. The second-order valence-electron chi connectivity index (χ2n) is 8.76. The van der Waals surface area contributed by atoms with Crippen molar-refractivity contribution in [3.63, 3.8) is 0 Å². The number of hydrogen-bond donors (Lipinski definition) is 0. The minimum Gasteiger partial charge on any atom is -0.368 e. The third kappa shape index (κ3) is 4.59. The van der Waals surface area contributed by atoms with E-state index in [1.807, 2.05) is 23.1 Å². The second kappa shape index (κ2) is 9.10. The lowest BCUT2D eigenvalue weighted by molar-refractivity contribution is -0.139. The van der Waals surface area contributed by atoms with E-state index in [0.29, 0.717) is 13.1 Å². The van der Waals surface area contributed by atoms with E-state index in [4.69, 9.17) is 0 Å². The van der Waals surface area contributed by atoms with Crippen molar-refractivity contribution < 1.29 is 9.59 Å². The summed E-state index contributed by atoms with van der Waals surface area (Å²) in [6.07, 6.45) is 0.863. The molecule has 2 aliphatic rings. The highest BCUT2D eigenvalue weighted by molar-refractivity contribution is 5.85. The molecule has 0 N–H and O–H groups in total. The normalized spacial score (nSPS) is 19.1. The monoisotopic (exact) mass is 420 g/mol. The van der Waals surface area contributed by atoms with Crippen molar-refractivity contribution >= 4 is 17.5 Å². The minimum absolute atomic E-state index is 0.0316. The fourth-order valence-electron chi connectivity index (χ4n) is 4.57. The molecular formula is C25H32N4O2. The number of carbonyl (C=O) groups excluding carboxylic acids is 2. The first-order valence-electron chi connectivity index (χ1n) is 11.1. The van der Waals surface area contributed by atoms with E-state index in [-0.39, 0.29) is 18.4 Å². The predicted molar refractivity (Wildman–Crippen MR) is 123 cm³/mol. The number of likely N-dealkylation sites (N-methyl/N-ethyl adjacent to an activating group) is 1. The maximum atomic E-state index is 13.1. The summed E-state index contributed by atoms with van der Waals surface area (Å²) in [5, 5.41) is 0. The van der Waals surface area contributed by atoms with Crippen LogP contribution >= 0.6 is 0 Å². The topological polar surface area (TPSA) is 47.1 Å². The molecule has 2 aromatic carbocycles. The van der Waals surface area contributed by atoms with Gasteiger partial charge in [-0.3, -0.25) is 14.5 Å². The Hall–Kier alpha value is -2.86. The number of rotatable bonds is 4. The Morgan fingerprint density at radius 1 is 0.935 bits per heavy atom. The number of hydrogen-bond acceptors (Lipinski definition) is 4. The van der Waals surface area contributed by atoms with Gasteiger partial charge in [-0.2, -0.15) is 0 Å². The summed E-state index contributed by atoms with van der Waals surface area (Å²) in [4.78, 5) is 34.1. The van der Waals surface area contributed by atoms with Crippen molar-refractivity contribution in [2.75, 3.05) is 58.3 Å². The molecule has 6 nitrogen and oxygen atoms in total. The summed E-state index contributed by atoms with van der Waals surface area (Å²) in [7, 11) is 3.56. The molecule has 2 heterocycles. The average Bonchev–Trinajstić information content (AvgIpc) is 2.79. The van der Waals surface area contributed by atoms with E-state index in [1.54, 1.807) is 19.0 Å². The first-order chi connectivity index (χ1) is 14.9. The summed E-state index contributed by atoms with van der Waals surface area (Å²) in [6.45, 7) is 6.18. The van der Waals surface area contributed by atoms with Crippen LogP contribution in [0.3, 0.4) is 0 Å². The van der Waals surface area contributed by atoms with Crippen LogP contribution in [-0.4, -0.2) is 79.9 Å². The van der Waals surface area contributed by atoms with Gasteiger partial charge >= 0.3 is 0 Å². The highest BCUT2D eigenvalue weighted by atomic mass is 16.2. The summed E-state index contributed by atoms with van der Waals surface area (Å²) in [6, 6.07) is 16.3. The molecule has 2 aliphatic heterocycles. The lowest BCUT2D eigenvalue weighted by atomic mass is 9.91. The summed E-state index contributed by atoms with van der Waals surface area (Å²) < 4.78 is 0. The van der Waals surface area contributed by atoms with Gasteiger partial charge in [0.2, 0.25) is 11.8 Å². The molecule has 2 amide bonds. The van der Waals surface area contributed by atoms with Gasteiger partial charge in [0.15, 0.2) is 0 Å². The van der Waals surface area contributed by atoms with Crippen LogP contribution < -0.4 is 4.90 Å². The molecule has 164 valence electrons. The Bertz CT molecular complexity index is 933. The Morgan fingerprint density at radius 2 is 1.61 bits per heavy atom. The molecule has 31 heavy (non-hydrogen) atoms. The maximum absolute atomic E-state index is 13.1. The minimum atomic E-state index is -0.391. The molecule has 0 aromatic heterocycles. The zero-order chi connectivity index (χ0) is 22.0. The zero-order valence-electron chi connectivity index (χ0n) is 18.8. The van der Waals surface area contributed by atoms with Crippen LogP contribution in [0.15, 0.2) is 48.5 Å². The number of nitrogens with zero attached hydrogens (tertiary/aromatic N) is 4. The summed E-state index contributed by atoms with van der Waals surface area (Å²) in [5.74, 6) is 0.142. The Kier molecular flexibility index (Phi) is 6.28. The van der Waals surface area contributed by atoms with Crippen molar-refractivity contribution in [2.24, 2.45) is 0 Å². The standard InChI is InChI=1S/C25H32N4O2/c1-19-8-10-21(11-9-19)27-14-16-28(17-15-27)23(30)18-29-13-12-20-6-4-5-7-22(20)24(29)25(31)26(2)3/h4-11,24H,12-18H2,1-3H3/t24-/m0/s1. The molecular weight excluding hydrogens is 388 g/mol. The van der Waals surface area contributed by atoms with Crippen LogP contribution in [0.5, 0.6) is 0 Å². The van der Waals surface area contributed by atoms with Crippen LogP contribution in [-0.2, 0) is 16.0 Å². The number of aryl methyl sites for hydroxylation is 1. The van der Waals surface area contributed by atoms with Gasteiger partial charge < -0.3 is 14.7 Å². The van der Waals surface area contributed by atoms with E-state index in [1.165, 1.54) is 16.8 Å². The quantitative estimate of drug-likeness (QED) is 0.762. The third-order valence-electron chi connectivity index (χ3n) is 6.43. The van der Waals surface area contributed by atoms with Crippen molar-refractivity contribution in [1.29, 1.82) is 0 Å². The van der Waals surface area contributed by atoms with Gasteiger partial charge in [0.1, 0.15) is 6.04 Å². The highest BCUT2D eigenvalue weighted by Gasteiger charge is 2.35. The largest absolute Gasteiger partial charge is 0.368 e. The molecule has 0 radical (unpaired) electrons. The Balaban J connectivity index is 1.42. The van der Waals surface area contributed by atoms with Gasteiger partial charge in [0.25, 0.3) is 0 Å². The van der Waals surface area contributed by atoms with Crippen molar-refractivity contribution in [1.82, 2.24) is 14.7 Å². The molecule has 4 rings (SSSR count). The van der Waals surface area contributed by atoms with Crippen LogP contribution in [0.4, 0.5) is 5.69 Å². The molecule has 6 heteroatoms. The molecule has 0 spiro atoms. The first kappa shape index (κ1) is 21.4. The smallest absolute Gasteiger partial charge is 0.244 e. The van der Waals surface area contributed by atoms with E-state index in [9.17, 15) is 9.59 Å². The van der Waals surface area contributed by atoms with Gasteiger partial charge in [-0.05, 0) is 36.6 Å². The SMILES string of the molecule is Cc1ccc(N2CCN(C(=O)CN3CCc4ccccc4[C@H]3C(=O)N(C)C)CC2)cc1. The van der Waals surface area contributed by atoms with Gasteiger partial charge in [-0.1, -0.05) is 42.0 Å². The fourth-order valence-corrected chi connectivity index (χ4v) is 4.57. The van der Waals surface area contributed by atoms with E-state index >= 15 is 0 Å². The average molecular weight is 421 g/mol. The predicted octanol–water partition coefficient (Wildman–Crippen LogP) is 2.33. The van der Waals surface area contributed by atoms with Gasteiger partial charge in [0.05, 0.1) is 6.54 Å². The number of amides is 2. The molecule has 1 fully saturated rings. The molecule has 1 saturated heterocycles. The number of carbonyl (C=O) groups is 2. The maximum Gasteiger partial charge on any atom is 0.244 e.